The lowest BCUT2D eigenvalue weighted by Gasteiger charge is -2.17. The molecule has 2 N–H and O–H groups in total. The Morgan fingerprint density at radius 2 is 1.81 bits per heavy atom. The van der Waals surface area contributed by atoms with Crippen LogP contribution in [-0.2, 0) is 9.47 Å². The van der Waals surface area contributed by atoms with Crippen molar-refractivity contribution in [1.29, 1.82) is 0 Å². The van der Waals surface area contributed by atoms with Gasteiger partial charge in [-0.15, -0.1) is 0 Å². The maximum Gasteiger partial charge on any atom is 0.134 e. The zero-order valence-electron chi connectivity index (χ0n) is 13.6. The van der Waals surface area contributed by atoms with Gasteiger partial charge in [-0.3, -0.25) is 0 Å². The van der Waals surface area contributed by atoms with Crippen LogP contribution in [-0.4, -0.2) is 50.0 Å². The van der Waals surface area contributed by atoms with Crippen LogP contribution in [0.2, 0.25) is 0 Å². The van der Waals surface area contributed by atoms with Gasteiger partial charge in [-0.2, -0.15) is 0 Å². The Morgan fingerprint density at radius 1 is 1.10 bits per heavy atom. The van der Waals surface area contributed by atoms with E-state index in [1.54, 1.807) is 13.4 Å². The lowest BCUT2D eigenvalue weighted by atomic mass is 10.0. The fourth-order valence-electron chi connectivity index (χ4n) is 2.02. The molecule has 1 aromatic rings. The summed E-state index contributed by atoms with van der Waals surface area (Å²) >= 11 is 0. The molecule has 6 heteroatoms. The van der Waals surface area contributed by atoms with Gasteiger partial charge in [0.15, 0.2) is 0 Å². The Morgan fingerprint density at radius 3 is 2.43 bits per heavy atom. The highest BCUT2D eigenvalue weighted by atomic mass is 16.5. The standard InChI is InChI=1S/C15H28N4O2/c1-5-16-14-13(12(2)3)15(19-11-18-14)17-7-6-8-21-10-9-20-4/h11-12H,5-10H2,1-4H3,(H2,16,17,18,19). The van der Waals surface area contributed by atoms with E-state index in [1.807, 2.05) is 0 Å². The Balaban J connectivity index is 2.48. The molecule has 0 radical (unpaired) electrons. The van der Waals surface area contributed by atoms with Crippen molar-refractivity contribution in [2.24, 2.45) is 0 Å². The van der Waals surface area contributed by atoms with E-state index in [0.717, 1.165) is 43.3 Å². The lowest BCUT2D eigenvalue weighted by molar-refractivity contribution is 0.0705. The van der Waals surface area contributed by atoms with Crippen LogP contribution < -0.4 is 10.6 Å². The van der Waals surface area contributed by atoms with Crippen LogP contribution in [0.25, 0.3) is 0 Å². The van der Waals surface area contributed by atoms with Crippen LogP contribution in [0.5, 0.6) is 0 Å². The summed E-state index contributed by atoms with van der Waals surface area (Å²) in [6.45, 7) is 10.1. The van der Waals surface area contributed by atoms with E-state index in [1.165, 1.54) is 0 Å². The van der Waals surface area contributed by atoms with E-state index in [9.17, 15) is 0 Å². The summed E-state index contributed by atoms with van der Waals surface area (Å²) < 4.78 is 10.4. The molecule has 0 aromatic carbocycles. The second-order valence-electron chi connectivity index (χ2n) is 5.06. The lowest BCUT2D eigenvalue weighted by Crippen LogP contribution is -2.13. The molecule has 6 nitrogen and oxygen atoms in total. The first-order chi connectivity index (χ1) is 10.2. The van der Waals surface area contributed by atoms with Crippen molar-refractivity contribution in [2.45, 2.75) is 33.1 Å². The van der Waals surface area contributed by atoms with Crippen molar-refractivity contribution in [2.75, 3.05) is 50.7 Å². The number of methoxy groups -OCH3 is 1. The van der Waals surface area contributed by atoms with Gasteiger partial charge in [0.1, 0.15) is 18.0 Å². The molecule has 0 saturated heterocycles. The summed E-state index contributed by atoms with van der Waals surface area (Å²) in [5.74, 6) is 2.19. The molecular formula is C15H28N4O2. The second-order valence-corrected chi connectivity index (χ2v) is 5.06. The van der Waals surface area contributed by atoms with Gasteiger partial charge in [0.25, 0.3) is 0 Å². The minimum atomic E-state index is 0.362. The quantitative estimate of drug-likeness (QED) is 0.612. The van der Waals surface area contributed by atoms with Gasteiger partial charge in [0.05, 0.1) is 13.2 Å². The van der Waals surface area contributed by atoms with Gasteiger partial charge in [-0.1, -0.05) is 13.8 Å². The van der Waals surface area contributed by atoms with Gasteiger partial charge >= 0.3 is 0 Å². The van der Waals surface area contributed by atoms with Gasteiger partial charge in [0, 0.05) is 32.4 Å². The fourth-order valence-corrected chi connectivity index (χ4v) is 2.02. The van der Waals surface area contributed by atoms with Crippen molar-refractivity contribution in [3.05, 3.63) is 11.9 Å². The minimum Gasteiger partial charge on any atom is -0.382 e. The molecule has 0 aliphatic carbocycles. The zero-order valence-corrected chi connectivity index (χ0v) is 13.6. The molecule has 0 atom stereocenters. The Bertz CT molecular complexity index is 399. The van der Waals surface area contributed by atoms with Crippen molar-refractivity contribution in [1.82, 2.24) is 9.97 Å². The van der Waals surface area contributed by atoms with Gasteiger partial charge in [-0.05, 0) is 19.3 Å². The molecule has 0 fully saturated rings. The molecule has 1 rings (SSSR count). The van der Waals surface area contributed by atoms with E-state index in [4.69, 9.17) is 9.47 Å². The number of hydrogen-bond donors (Lipinski definition) is 2. The zero-order chi connectivity index (χ0) is 15.5. The molecule has 21 heavy (non-hydrogen) atoms. The number of rotatable bonds is 11. The summed E-state index contributed by atoms with van der Waals surface area (Å²) in [6.07, 6.45) is 2.53. The van der Waals surface area contributed by atoms with E-state index in [0.29, 0.717) is 19.1 Å². The average Bonchev–Trinajstić information content (AvgIpc) is 2.46. The van der Waals surface area contributed by atoms with E-state index in [2.05, 4.69) is 41.4 Å². The fraction of sp³-hybridized carbons (Fsp3) is 0.733. The maximum absolute atomic E-state index is 5.44. The monoisotopic (exact) mass is 296 g/mol. The molecule has 0 aliphatic rings. The van der Waals surface area contributed by atoms with Gasteiger partial charge < -0.3 is 20.1 Å². The van der Waals surface area contributed by atoms with Gasteiger partial charge in [-0.25, -0.2) is 9.97 Å². The average molecular weight is 296 g/mol. The van der Waals surface area contributed by atoms with Crippen LogP contribution in [0.1, 0.15) is 38.7 Å². The van der Waals surface area contributed by atoms with Crippen molar-refractivity contribution < 1.29 is 9.47 Å². The number of nitrogens with zero attached hydrogens (tertiary/aromatic N) is 2. The van der Waals surface area contributed by atoms with E-state index < -0.39 is 0 Å². The molecule has 0 aliphatic heterocycles. The van der Waals surface area contributed by atoms with Crippen molar-refractivity contribution >= 4 is 11.6 Å². The molecule has 0 bridgehead atoms. The smallest absolute Gasteiger partial charge is 0.134 e. The third kappa shape index (κ3) is 6.27. The maximum atomic E-state index is 5.44. The number of nitrogens with one attached hydrogen (secondary N) is 2. The van der Waals surface area contributed by atoms with E-state index >= 15 is 0 Å². The molecular weight excluding hydrogens is 268 g/mol. The summed E-state index contributed by atoms with van der Waals surface area (Å²) in [5, 5.41) is 6.67. The first-order valence-electron chi connectivity index (χ1n) is 7.60. The third-order valence-electron chi connectivity index (χ3n) is 3.00. The van der Waals surface area contributed by atoms with Crippen LogP contribution in [0, 0.1) is 0 Å². The van der Waals surface area contributed by atoms with Crippen LogP contribution >= 0.6 is 0 Å². The Hall–Kier alpha value is -1.40. The summed E-state index contributed by atoms with van der Waals surface area (Å²) in [5.41, 5.74) is 1.14. The predicted octanol–water partition coefficient (Wildman–Crippen LogP) is 2.50. The van der Waals surface area contributed by atoms with Crippen molar-refractivity contribution in [3.63, 3.8) is 0 Å². The number of aromatic nitrogens is 2. The van der Waals surface area contributed by atoms with E-state index in [-0.39, 0.29) is 0 Å². The third-order valence-corrected chi connectivity index (χ3v) is 3.00. The Kier molecular flexibility index (Phi) is 8.69. The molecule has 0 spiro atoms. The Labute approximate surface area is 127 Å². The predicted molar refractivity (Wildman–Crippen MR) is 86.1 cm³/mol. The largest absolute Gasteiger partial charge is 0.382 e. The second kappa shape index (κ2) is 10.3. The molecule has 0 saturated carbocycles. The summed E-state index contributed by atoms with van der Waals surface area (Å²) in [6, 6.07) is 0. The molecule has 120 valence electrons. The number of anilines is 2. The minimum absolute atomic E-state index is 0.362. The normalized spacial score (nSPS) is 10.9. The van der Waals surface area contributed by atoms with Crippen molar-refractivity contribution in [3.8, 4) is 0 Å². The number of hydrogen-bond acceptors (Lipinski definition) is 6. The first kappa shape index (κ1) is 17.7. The SMILES string of the molecule is CCNc1ncnc(NCCCOCCOC)c1C(C)C. The number of ether oxygens (including phenoxy) is 2. The van der Waals surface area contributed by atoms with Crippen LogP contribution in [0.4, 0.5) is 11.6 Å². The topological polar surface area (TPSA) is 68.3 Å². The highest BCUT2D eigenvalue weighted by Crippen LogP contribution is 2.28. The highest BCUT2D eigenvalue weighted by Gasteiger charge is 2.13. The van der Waals surface area contributed by atoms with Crippen LogP contribution in [0.3, 0.4) is 0 Å². The van der Waals surface area contributed by atoms with Crippen LogP contribution in [0.15, 0.2) is 6.33 Å². The molecule has 0 unspecified atom stereocenters. The molecule has 0 amide bonds. The van der Waals surface area contributed by atoms with Gasteiger partial charge in [0.2, 0.25) is 0 Å². The first-order valence-corrected chi connectivity index (χ1v) is 7.60. The molecule has 1 heterocycles. The molecule has 1 aromatic heterocycles. The summed E-state index contributed by atoms with van der Waals surface area (Å²) in [7, 11) is 1.68. The summed E-state index contributed by atoms with van der Waals surface area (Å²) in [4.78, 5) is 8.69. The highest BCUT2D eigenvalue weighted by molar-refractivity contribution is 5.58.